The highest BCUT2D eigenvalue weighted by molar-refractivity contribution is 6.02. The minimum absolute atomic E-state index is 0.0944. The summed E-state index contributed by atoms with van der Waals surface area (Å²) in [5.41, 5.74) is 4.61. The zero-order chi connectivity index (χ0) is 27.1. The summed E-state index contributed by atoms with van der Waals surface area (Å²) in [5.74, 6) is -1.74. The van der Waals surface area contributed by atoms with E-state index in [2.05, 4.69) is 10.3 Å². The molecule has 0 unspecified atom stereocenters. The predicted molar refractivity (Wildman–Crippen MR) is 148 cm³/mol. The first-order valence-corrected chi connectivity index (χ1v) is 12.5. The fourth-order valence-electron chi connectivity index (χ4n) is 5.08. The summed E-state index contributed by atoms with van der Waals surface area (Å²) in [6.45, 7) is 1.76. The van der Waals surface area contributed by atoms with Crippen molar-refractivity contribution in [1.82, 2.24) is 10.3 Å². The lowest BCUT2D eigenvalue weighted by Gasteiger charge is -2.15. The third-order valence-electron chi connectivity index (χ3n) is 7.14. The lowest BCUT2D eigenvalue weighted by atomic mass is 9.99. The van der Waals surface area contributed by atoms with Crippen LogP contribution in [0.1, 0.15) is 16.7 Å². The summed E-state index contributed by atoms with van der Waals surface area (Å²) in [6, 6.07) is 19.8. The molecule has 6 aromatic rings. The Kier molecular flexibility index (Phi) is 5.99. The number of aromatic amines is 1. The maximum absolute atomic E-state index is 13.0. The minimum Gasteiger partial charge on any atom is -0.480 e. The van der Waals surface area contributed by atoms with Gasteiger partial charge in [0.05, 0.1) is 18.2 Å². The number of rotatable bonds is 7. The van der Waals surface area contributed by atoms with Crippen LogP contribution in [0.15, 0.2) is 92.8 Å². The van der Waals surface area contributed by atoms with Crippen LogP contribution in [0.4, 0.5) is 0 Å². The number of carbonyl (C=O) groups excluding carboxylic acids is 1. The van der Waals surface area contributed by atoms with Gasteiger partial charge in [0.2, 0.25) is 5.91 Å². The molecule has 3 aromatic carbocycles. The summed E-state index contributed by atoms with van der Waals surface area (Å²) in [4.78, 5) is 41.0. The van der Waals surface area contributed by atoms with Crippen LogP contribution in [-0.2, 0) is 22.4 Å². The third-order valence-corrected chi connectivity index (χ3v) is 7.14. The molecule has 0 radical (unpaired) electrons. The van der Waals surface area contributed by atoms with Crippen molar-refractivity contribution < 1.29 is 23.5 Å². The first-order valence-electron chi connectivity index (χ1n) is 12.5. The summed E-state index contributed by atoms with van der Waals surface area (Å²) < 4.78 is 11.3. The molecular weight excluding hydrogens is 496 g/mol. The molecule has 194 valence electrons. The Hall–Kier alpha value is -5.11. The van der Waals surface area contributed by atoms with Crippen molar-refractivity contribution >= 4 is 44.7 Å². The van der Waals surface area contributed by atoms with E-state index in [1.807, 2.05) is 60.7 Å². The Morgan fingerprint density at radius 1 is 0.974 bits per heavy atom. The van der Waals surface area contributed by atoms with E-state index in [0.717, 1.165) is 33.0 Å². The van der Waals surface area contributed by atoms with Crippen LogP contribution in [0.5, 0.6) is 0 Å². The number of carbonyl (C=O) groups is 2. The Balaban J connectivity index is 1.30. The van der Waals surface area contributed by atoms with E-state index in [-0.39, 0.29) is 18.4 Å². The van der Waals surface area contributed by atoms with Gasteiger partial charge < -0.3 is 24.2 Å². The van der Waals surface area contributed by atoms with Crippen LogP contribution in [0, 0.1) is 6.92 Å². The molecule has 0 spiro atoms. The first-order chi connectivity index (χ1) is 18.9. The van der Waals surface area contributed by atoms with E-state index in [9.17, 15) is 19.5 Å². The zero-order valence-corrected chi connectivity index (χ0v) is 21.0. The molecule has 0 fully saturated rings. The number of amides is 1. The van der Waals surface area contributed by atoms with Gasteiger partial charge in [-0.25, -0.2) is 9.59 Å². The number of aryl methyl sites for hydroxylation is 1. The van der Waals surface area contributed by atoms with E-state index in [0.29, 0.717) is 22.1 Å². The van der Waals surface area contributed by atoms with Crippen LogP contribution in [0.3, 0.4) is 0 Å². The van der Waals surface area contributed by atoms with Gasteiger partial charge >= 0.3 is 11.6 Å². The second kappa shape index (κ2) is 9.64. The molecule has 0 aliphatic rings. The molecule has 8 heteroatoms. The van der Waals surface area contributed by atoms with E-state index in [1.54, 1.807) is 25.5 Å². The largest absolute Gasteiger partial charge is 0.480 e. The highest BCUT2D eigenvalue weighted by Crippen LogP contribution is 2.34. The number of carboxylic acids is 1. The number of aliphatic carboxylic acids is 1. The number of nitrogens with one attached hydrogen (secondary N) is 2. The normalized spacial score (nSPS) is 12.2. The molecule has 3 heterocycles. The minimum atomic E-state index is -1.16. The summed E-state index contributed by atoms with van der Waals surface area (Å²) in [7, 11) is 0. The average molecular weight is 521 g/mol. The fraction of sp³-hybridized carbons (Fsp3) is 0.129. The first kappa shape index (κ1) is 24.2. The molecule has 6 rings (SSSR count). The molecule has 0 saturated carbocycles. The van der Waals surface area contributed by atoms with Crippen LogP contribution in [-0.4, -0.2) is 28.0 Å². The van der Waals surface area contributed by atoms with Gasteiger partial charge in [-0.05, 0) is 35.7 Å². The molecule has 0 aliphatic heterocycles. The molecule has 0 bridgehead atoms. The number of benzene rings is 3. The molecule has 0 saturated heterocycles. The summed E-state index contributed by atoms with van der Waals surface area (Å²) >= 11 is 0. The maximum Gasteiger partial charge on any atom is 0.340 e. The maximum atomic E-state index is 13.0. The summed E-state index contributed by atoms with van der Waals surface area (Å²) in [6.07, 6.45) is 3.20. The fourth-order valence-corrected chi connectivity index (χ4v) is 5.08. The monoisotopic (exact) mass is 520 g/mol. The van der Waals surface area contributed by atoms with Crippen LogP contribution >= 0.6 is 0 Å². The van der Waals surface area contributed by atoms with E-state index < -0.39 is 23.5 Å². The van der Waals surface area contributed by atoms with Gasteiger partial charge in [0.1, 0.15) is 17.2 Å². The Labute approximate surface area is 221 Å². The van der Waals surface area contributed by atoms with Crippen LogP contribution in [0.25, 0.3) is 44.0 Å². The van der Waals surface area contributed by atoms with Gasteiger partial charge in [-0.3, -0.25) is 4.79 Å². The van der Waals surface area contributed by atoms with Crippen molar-refractivity contribution in [2.45, 2.75) is 25.8 Å². The van der Waals surface area contributed by atoms with Crippen LogP contribution in [0.2, 0.25) is 0 Å². The van der Waals surface area contributed by atoms with Gasteiger partial charge in [0, 0.05) is 45.9 Å². The van der Waals surface area contributed by atoms with Crippen LogP contribution < -0.4 is 10.9 Å². The number of hydrogen-bond donors (Lipinski definition) is 3. The highest BCUT2D eigenvalue weighted by atomic mass is 16.4. The lowest BCUT2D eigenvalue weighted by molar-refractivity contribution is -0.141. The third kappa shape index (κ3) is 4.46. The van der Waals surface area contributed by atoms with Gasteiger partial charge in [-0.1, -0.05) is 48.5 Å². The molecule has 1 atom stereocenters. The Morgan fingerprint density at radius 3 is 2.54 bits per heavy atom. The molecule has 3 aromatic heterocycles. The number of carboxylic acid groups (broad SMARTS) is 1. The number of aromatic nitrogens is 1. The number of fused-ring (bicyclic) bond motifs is 3. The van der Waals surface area contributed by atoms with Gasteiger partial charge in [-0.2, -0.15) is 0 Å². The highest BCUT2D eigenvalue weighted by Gasteiger charge is 2.24. The van der Waals surface area contributed by atoms with E-state index >= 15 is 0 Å². The van der Waals surface area contributed by atoms with E-state index in [1.165, 1.54) is 0 Å². The number of H-pyrrole nitrogens is 1. The Bertz CT molecular complexity index is 1930. The number of furan rings is 1. The topological polar surface area (TPSA) is 126 Å². The second-order valence-electron chi connectivity index (χ2n) is 9.55. The van der Waals surface area contributed by atoms with Gasteiger partial charge in [-0.15, -0.1) is 0 Å². The molecule has 0 aliphatic carbocycles. The van der Waals surface area contributed by atoms with Gasteiger partial charge in [0.15, 0.2) is 0 Å². The SMILES string of the molecule is Cc1c(CC(=O)N[C@@H](Cc2c[nH]c3ccccc23)C(=O)O)c(=O)oc2cc3occ(-c4ccccc4)c3cc12. The molecule has 39 heavy (non-hydrogen) atoms. The smallest absolute Gasteiger partial charge is 0.340 e. The van der Waals surface area contributed by atoms with Crippen molar-refractivity contribution in [1.29, 1.82) is 0 Å². The molecule has 8 nitrogen and oxygen atoms in total. The Morgan fingerprint density at radius 2 is 1.74 bits per heavy atom. The van der Waals surface area contributed by atoms with Gasteiger partial charge in [0.25, 0.3) is 0 Å². The van der Waals surface area contributed by atoms with E-state index in [4.69, 9.17) is 8.83 Å². The lowest BCUT2D eigenvalue weighted by Crippen LogP contribution is -2.43. The average Bonchev–Trinajstić information content (AvgIpc) is 3.54. The van der Waals surface area contributed by atoms with Crippen molar-refractivity contribution in [3.8, 4) is 11.1 Å². The molecular formula is C31H24N2O6. The van der Waals surface area contributed by atoms with Crippen molar-refractivity contribution in [3.05, 3.63) is 106 Å². The quantitative estimate of drug-likeness (QED) is 0.244. The van der Waals surface area contributed by atoms with Crippen molar-refractivity contribution in [3.63, 3.8) is 0 Å². The standard InChI is InChI=1S/C31H24N2O6/c1-17-21-12-23-24(18-7-3-2-4-8-18)16-38-27(23)14-28(21)39-31(37)22(17)13-29(34)33-26(30(35)36)11-19-15-32-25-10-6-5-9-20(19)25/h2-10,12,14-16,26,32H,11,13H2,1H3,(H,33,34)(H,35,36)/t26-/m0/s1. The van der Waals surface area contributed by atoms with Crippen molar-refractivity contribution in [2.24, 2.45) is 0 Å². The zero-order valence-electron chi connectivity index (χ0n) is 21.0. The number of para-hydroxylation sites is 1. The number of hydrogen-bond acceptors (Lipinski definition) is 5. The molecule has 3 N–H and O–H groups in total. The predicted octanol–water partition coefficient (Wildman–Crippen LogP) is 5.35. The molecule has 1 amide bonds. The van der Waals surface area contributed by atoms with Crippen molar-refractivity contribution in [2.75, 3.05) is 0 Å². The summed E-state index contributed by atoms with van der Waals surface area (Å²) in [5, 5.41) is 14.8. The second-order valence-corrected chi connectivity index (χ2v) is 9.55.